The Morgan fingerprint density at radius 2 is 2.17 bits per heavy atom. The molecule has 7 nitrogen and oxygen atoms in total. The molecule has 0 unspecified atom stereocenters. The lowest BCUT2D eigenvalue weighted by Crippen LogP contribution is -2.30. The van der Waals surface area contributed by atoms with E-state index >= 15 is 0 Å². The van der Waals surface area contributed by atoms with Crippen LogP contribution in [-0.2, 0) is 13.5 Å². The summed E-state index contributed by atoms with van der Waals surface area (Å²) in [6.07, 6.45) is 2.38. The highest BCUT2D eigenvalue weighted by Crippen LogP contribution is 2.17. The summed E-state index contributed by atoms with van der Waals surface area (Å²) < 4.78 is 6.43. The number of benzene rings is 1. The van der Waals surface area contributed by atoms with Gasteiger partial charge in [-0.2, -0.15) is 0 Å². The number of aryl methyl sites for hydroxylation is 1. The quantitative estimate of drug-likeness (QED) is 0.770. The highest BCUT2D eigenvalue weighted by atomic mass is 16.4. The molecule has 0 aliphatic heterocycles. The van der Waals surface area contributed by atoms with Crippen molar-refractivity contribution in [1.29, 1.82) is 0 Å². The van der Waals surface area contributed by atoms with Gasteiger partial charge >= 0.3 is 11.8 Å². The van der Waals surface area contributed by atoms with E-state index in [1.807, 2.05) is 18.2 Å². The van der Waals surface area contributed by atoms with Gasteiger partial charge < -0.3 is 15.1 Å². The lowest BCUT2D eigenvalue weighted by Gasteiger charge is -2.07. The molecule has 1 aromatic carbocycles. The number of nitrogens with zero attached hydrogens (tertiary/aromatic N) is 2. The van der Waals surface area contributed by atoms with Crippen molar-refractivity contribution in [3.8, 4) is 0 Å². The third kappa shape index (κ3) is 3.39. The molecule has 0 aliphatic rings. The van der Waals surface area contributed by atoms with Gasteiger partial charge in [0.05, 0.1) is 5.52 Å². The van der Waals surface area contributed by atoms with Crippen molar-refractivity contribution >= 4 is 22.8 Å². The predicted octanol–water partition coefficient (Wildman–Crippen LogP) is 1.89. The molecule has 0 saturated heterocycles. The van der Waals surface area contributed by atoms with Crippen LogP contribution in [0.15, 0.2) is 51.8 Å². The van der Waals surface area contributed by atoms with Crippen LogP contribution in [0.1, 0.15) is 5.69 Å². The van der Waals surface area contributed by atoms with Crippen LogP contribution in [0.4, 0.5) is 10.5 Å². The number of hydrogen-bond donors (Lipinski definition) is 2. The van der Waals surface area contributed by atoms with Gasteiger partial charge in [-0.1, -0.05) is 6.07 Å². The first-order valence-electron chi connectivity index (χ1n) is 7.18. The predicted molar refractivity (Wildman–Crippen MR) is 86.4 cm³/mol. The largest absolute Gasteiger partial charge is 0.419 e. The summed E-state index contributed by atoms with van der Waals surface area (Å²) in [6, 6.07) is 10.4. The average Bonchev–Trinajstić information content (AvgIpc) is 2.83. The third-order valence-corrected chi connectivity index (χ3v) is 3.44. The first kappa shape index (κ1) is 14.8. The smallest absolute Gasteiger partial charge is 0.408 e. The van der Waals surface area contributed by atoms with E-state index in [2.05, 4.69) is 15.6 Å². The molecule has 3 rings (SSSR count). The Balaban J connectivity index is 1.59. The number of amides is 2. The Morgan fingerprint density at radius 3 is 2.96 bits per heavy atom. The first-order valence-corrected chi connectivity index (χ1v) is 7.18. The topological polar surface area (TPSA) is 89.2 Å². The van der Waals surface area contributed by atoms with E-state index in [1.54, 1.807) is 31.4 Å². The molecule has 2 aromatic heterocycles. The fourth-order valence-electron chi connectivity index (χ4n) is 2.23. The minimum Gasteiger partial charge on any atom is -0.408 e. The van der Waals surface area contributed by atoms with Crippen molar-refractivity contribution in [3.05, 3.63) is 58.8 Å². The van der Waals surface area contributed by atoms with Gasteiger partial charge in [-0.05, 0) is 30.3 Å². The van der Waals surface area contributed by atoms with Gasteiger partial charge in [0.15, 0.2) is 5.58 Å². The maximum absolute atomic E-state index is 11.9. The maximum Gasteiger partial charge on any atom is 0.419 e. The van der Waals surface area contributed by atoms with Crippen LogP contribution in [-0.4, -0.2) is 22.1 Å². The Kier molecular flexibility index (Phi) is 4.09. The van der Waals surface area contributed by atoms with Gasteiger partial charge in [0.1, 0.15) is 0 Å². The van der Waals surface area contributed by atoms with Crippen molar-refractivity contribution in [1.82, 2.24) is 14.9 Å². The highest BCUT2D eigenvalue weighted by Gasteiger charge is 2.08. The number of fused-ring (bicyclic) bond motifs is 1. The van der Waals surface area contributed by atoms with Crippen molar-refractivity contribution in [2.24, 2.45) is 7.05 Å². The summed E-state index contributed by atoms with van der Waals surface area (Å²) in [5.41, 5.74) is 2.62. The monoisotopic (exact) mass is 312 g/mol. The van der Waals surface area contributed by atoms with Crippen LogP contribution < -0.4 is 16.4 Å². The SMILES string of the molecule is Cn1c(=O)oc2ccc(NC(=O)NCCc3ccccn3)cc21. The fraction of sp³-hybridized carbons (Fsp3) is 0.188. The van der Waals surface area contributed by atoms with E-state index in [4.69, 9.17) is 4.42 Å². The Morgan fingerprint density at radius 1 is 1.30 bits per heavy atom. The molecule has 2 heterocycles. The normalized spacial score (nSPS) is 10.7. The summed E-state index contributed by atoms with van der Waals surface area (Å²) in [7, 11) is 1.62. The van der Waals surface area contributed by atoms with Crippen LogP contribution in [0.2, 0.25) is 0 Å². The van der Waals surface area contributed by atoms with Crippen molar-refractivity contribution in [2.75, 3.05) is 11.9 Å². The van der Waals surface area contributed by atoms with Gasteiger partial charge in [-0.3, -0.25) is 9.55 Å². The summed E-state index contributed by atoms with van der Waals surface area (Å²) in [4.78, 5) is 27.5. The average molecular weight is 312 g/mol. The second-order valence-electron chi connectivity index (χ2n) is 5.06. The van der Waals surface area contributed by atoms with E-state index < -0.39 is 5.76 Å². The van der Waals surface area contributed by atoms with Crippen LogP contribution in [0.25, 0.3) is 11.1 Å². The molecule has 0 aliphatic carbocycles. The standard InChI is InChI=1S/C16H16N4O3/c1-20-13-10-12(5-6-14(13)23-16(20)22)19-15(21)18-9-7-11-4-2-3-8-17-11/h2-6,8,10H,7,9H2,1H3,(H2,18,19,21). The zero-order chi connectivity index (χ0) is 16.2. The zero-order valence-corrected chi connectivity index (χ0v) is 12.6. The Labute approximate surface area is 131 Å². The molecule has 118 valence electrons. The Bertz CT molecular complexity index is 883. The lowest BCUT2D eigenvalue weighted by atomic mass is 10.2. The summed E-state index contributed by atoms with van der Waals surface area (Å²) in [6.45, 7) is 0.481. The summed E-state index contributed by atoms with van der Waals surface area (Å²) in [5, 5.41) is 5.49. The molecule has 0 fully saturated rings. The molecule has 0 bridgehead atoms. The minimum atomic E-state index is -0.433. The summed E-state index contributed by atoms with van der Waals surface area (Å²) in [5.74, 6) is -0.433. The number of urea groups is 1. The molecule has 0 radical (unpaired) electrons. The second-order valence-corrected chi connectivity index (χ2v) is 5.06. The van der Waals surface area contributed by atoms with Crippen LogP contribution in [0, 0.1) is 0 Å². The van der Waals surface area contributed by atoms with E-state index in [0.29, 0.717) is 29.8 Å². The number of nitrogens with one attached hydrogen (secondary N) is 2. The highest BCUT2D eigenvalue weighted by molar-refractivity contribution is 5.91. The number of carbonyl (C=O) groups excluding carboxylic acids is 1. The number of carbonyl (C=O) groups is 1. The van der Waals surface area contributed by atoms with Gasteiger partial charge in [0.25, 0.3) is 0 Å². The van der Waals surface area contributed by atoms with E-state index in [9.17, 15) is 9.59 Å². The van der Waals surface area contributed by atoms with Crippen molar-refractivity contribution in [3.63, 3.8) is 0 Å². The van der Waals surface area contributed by atoms with Crippen molar-refractivity contribution in [2.45, 2.75) is 6.42 Å². The zero-order valence-electron chi connectivity index (χ0n) is 12.6. The van der Waals surface area contributed by atoms with Crippen molar-refractivity contribution < 1.29 is 9.21 Å². The molecule has 23 heavy (non-hydrogen) atoms. The number of oxazole rings is 1. The van der Waals surface area contributed by atoms with Gasteiger partial charge in [-0.25, -0.2) is 9.59 Å². The van der Waals surface area contributed by atoms with E-state index in [0.717, 1.165) is 5.69 Å². The molecular formula is C16H16N4O3. The molecule has 0 spiro atoms. The molecule has 2 amide bonds. The molecular weight excluding hydrogens is 296 g/mol. The maximum atomic E-state index is 11.9. The lowest BCUT2D eigenvalue weighted by molar-refractivity contribution is 0.252. The summed E-state index contributed by atoms with van der Waals surface area (Å²) >= 11 is 0. The number of aromatic nitrogens is 2. The second kappa shape index (κ2) is 6.35. The molecule has 0 atom stereocenters. The number of anilines is 1. The molecule has 2 N–H and O–H groups in total. The fourth-order valence-corrected chi connectivity index (χ4v) is 2.23. The molecule has 0 saturated carbocycles. The first-order chi connectivity index (χ1) is 11.1. The molecule has 3 aromatic rings. The van der Waals surface area contributed by atoms with Gasteiger partial charge in [0.2, 0.25) is 0 Å². The minimum absolute atomic E-state index is 0.311. The van der Waals surface area contributed by atoms with Gasteiger partial charge in [-0.15, -0.1) is 0 Å². The molecule has 7 heteroatoms. The number of pyridine rings is 1. The number of rotatable bonds is 4. The number of hydrogen-bond acceptors (Lipinski definition) is 4. The van der Waals surface area contributed by atoms with E-state index in [1.165, 1.54) is 4.57 Å². The third-order valence-electron chi connectivity index (χ3n) is 3.44. The van der Waals surface area contributed by atoms with Crippen LogP contribution in [0.5, 0.6) is 0 Å². The van der Waals surface area contributed by atoms with E-state index in [-0.39, 0.29) is 6.03 Å². The van der Waals surface area contributed by atoms with Crippen LogP contribution in [0.3, 0.4) is 0 Å². The van der Waals surface area contributed by atoms with Crippen LogP contribution >= 0.6 is 0 Å². The van der Waals surface area contributed by atoms with Gasteiger partial charge in [0, 0.05) is 37.6 Å². The Hall–Kier alpha value is -3.09.